The molecular weight excluding hydrogens is 556 g/mol. The normalized spacial score (nSPS) is 20.4. The van der Waals surface area contributed by atoms with E-state index in [4.69, 9.17) is 18.9 Å². The number of carbonyl (C=O) groups excluding carboxylic acids is 3. The molecule has 2 amide bonds. The third kappa shape index (κ3) is 6.52. The van der Waals surface area contributed by atoms with Gasteiger partial charge in [0.2, 0.25) is 11.8 Å². The van der Waals surface area contributed by atoms with Crippen LogP contribution < -0.4 is 24.3 Å². The number of aldehydes is 1. The Morgan fingerprint density at radius 1 is 1.09 bits per heavy atom. The fraction of sp³-hybridized carbons (Fsp3) is 0.406. The topological polar surface area (TPSA) is 144 Å². The van der Waals surface area contributed by atoms with Crippen LogP contribution in [0.2, 0.25) is 0 Å². The molecule has 0 aromatic heterocycles. The van der Waals surface area contributed by atoms with Gasteiger partial charge in [-0.15, -0.1) is 0 Å². The minimum atomic E-state index is -1.25. The fourth-order valence-electron chi connectivity index (χ4n) is 5.60. The monoisotopic (exact) mass is 594 g/mol. The van der Waals surface area contributed by atoms with Crippen molar-refractivity contribution in [2.75, 3.05) is 41.0 Å². The minimum Gasteiger partial charge on any atom is -0.497 e. The second-order valence-electron chi connectivity index (χ2n) is 10.2. The number of fused-ring (bicyclic) bond motifs is 3. The molecule has 3 N–H and O–H groups in total. The molecule has 1 heterocycles. The Morgan fingerprint density at radius 2 is 1.86 bits per heavy atom. The second kappa shape index (κ2) is 14.2. The van der Waals surface area contributed by atoms with Gasteiger partial charge in [0, 0.05) is 29.8 Å². The fourth-order valence-corrected chi connectivity index (χ4v) is 5.60. The maximum absolute atomic E-state index is 13.6. The average molecular weight is 595 g/mol. The molecular formula is C32H38N2O9. The van der Waals surface area contributed by atoms with Crippen molar-refractivity contribution >= 4 is 18.1 Å². The van der Waals surface area contributed by atoms with E-state index in [1.54, 1.807) is 44.6 Å². The molecule has 0 unspecified atom stereocenters. The van der Waals surface area contributed by atoms with E-state index in [1.807, 2.05) is 13.0 Å². The van der Waals surface area contributed by atoms with Crippen molar-refractivity contribution in [3.63, 3.8) is 0 Å². The van der Waals surface area contributed by atoms with E-state index in [0.29, 0.717) is 47.5 Å². The highest BCUT2D eigenvalue weighted by atomic mass is 16.5. The lowest BCUT2D eigenvalue weighted by atomic mass is 9.77. The first-order valence-corrected chi connectivity index (χ1v) is 14.1. The van der Waals surface area contributed by atoms with Crippen molar-refractivity contribution in [1.82, 2.24) is 10.2 Å². The van der Waals surface area contributed by atoms with Crippen LogP contribution in [0.15, 0.2) is 54.1 Å². The number of hydrogen-bond donors (Lipinski definition) is 3. The smallest absolute Gasteiger partial charge is 0.247 e. The first-order chi connectivity index (χ1) is 20.8. The first-order valence-electron chi connectivity index (χ1n) is 14.1. The molecule has 1 aliphatic carbocycles. The van der Waals surface area contributed by atoms with E-state index in [2.05, 4.69) is 5.32 Å². The summed E-state index contributed by atoms with van der Waals surface area (Å²) in [5.74, 6) is 0.255. The number of benzene rings is 2. The SMILES string of the molecule is CCC=CC(=O)N(CCc1cc(OC)ccc1OC)[C@@H]1C=C(C(=O)NCCO)[C@@H]2c3cc(C=O)cc(OC)c3O[C@@H]2[C@H]1O. The Morgan fingerprint density at radius 3 is 2.51 bits per heavy atom. The number of nitrogens with one attached hydrogen (secondary N) is 1. The van der Waals surface area contributed by atoms with Crippen LogP contribution in [0.4, 0.5) is 0 Å². The van der Waals surface area contributed by atoms with Gasteiger partial charge in [-0.25, -0.2) is 0 Å². The largest absolute Gasteiger partial charge is 0.497 e. The van der Waals surface area contributed by atoms with E-state index in [-0.39, 0.29) is 36.9 Å². The van der Waals surface area contributed by atoms with Gasteiger partial charge in [0.25, 0.3) is 0 Å². The Hall–Kier alpha value is -4.35. The van der Waals surface area contributed by atoms with Crippen LogP contribution in [0.25, 0.3) is 0 Å². The average Bonchev–Trinajstić information content (AvgIpc) is 3.42. The lowest BCUT2D eigenvalue weighted by Crippen LogP contribution is -2.56. The molecule has 2 aromatic carbocycles. The van der Waals surface area contributed by atoms with E-state index in [0.717, 1.165) is 5.56 Å². The maximum Gasteiger partial charge on any atom is 0.247 e. The summed E-state index contributed by atoms with van der Waals surface area (Å²) in [7, 11) is 4.56. The number of methoxy groups -OCH3 is 3. The third-order valence-corrected chi connectivity index (χ3v) is 7.66. The molecule has 0 bridgehead atoms. The highest BCUT2D eigenvalue weighted by Gasteiger charge is 2.51. The lowest BCUT2D eigenvalue weighted by Gasteiger charge is -2.40. The highest BCUT2D eigenvalue weighted by molar-refractivity contribution is 5.97. The second-order valence-corrected chi connectivity index (χ2v) is 10.2. The van der Waals surface area contributed by atoms with Crippen LogP contribution in [0.1, 0.15) is 40.7 Å². The molecule has 11 nitrogen and oxygen atoms in total. The Bertz CT molecular complexity index is 1400. The van der Waals surface area contributed by atoms with Crippen molar-refractivity contribution in [2.45, 2.75) is 43.9 Å². The molecule has 0 spiro atoms. The summed E-state index contributed by atoms with van der Waals surface area (Å²) in [4.78, 5) is 40.3. The molecule has 4 atom stereocenters. The quantitative estimate of drug-likeness (QED) is 0.235. The number of amides is 2. The van der Waals surface area contributed by atoms with Crippen LogP contribution in [0, 0.1) is 0 Å². The number of hydrogen-bond acceptors (Lipinski definition) is 9. The molecule has 230 valence electrons. The Labute approximate surface area is 250 Å². The van der Waals surface area contributed by atoms with Crippen molar-refractivity contribution < 1.29 is 43.5 Å². The molecule has 0 fully saturated rings. The predicted octanol–water partition coefficient (Wildman–Crippen LogP) is 2.19. The van der Waals surface area contributed by atoms with Crippen LogP contribution in [0.3, 0.4) is 0 Å². The number of aliphatic hydroxyl groups is 2. The highest BCUT2D eigenvalue weighted by Crippen LogP contribution is 2.51. The zero-order chi connectivity index (χ0) is 31.1. The Balaban J connectivity index is 1.79. The van der Waals surface area contributed by atoms with Gasteiger partial charge in [0.15, 0.2) is 11.5 Å². The van der Waals surface area contributed by atoms with E-state index < -0.39 is 30.1 Å². The van der Waals surface area contributed by atoms with Crippen LogP contribution in [0.5, 0.6) is 23.0 Å². The van der Waals surface area contributed by atoms with Crippen molar-refractivity contribution in [2.24, 2.45) is 0 Å². The molecule has 2 aliphatic rings. The van der Waals surface area contributed by atoms with Gasteiger partial charge in [-0.05, 0) is 60.9 Å². The van der Waals surface area contributed by atoms with E-state index in [1.165, 1.54) is 24.2 Å². The number of nitrogens with zero attached hydrogens (tertiary/aromatic N) is 1. The number of aliphatic hydroxyl groups excluding tert-OH is 2. The zero-order valence-electron chi connectivity index (χ0n) is 24.7. The van der Waals surface area contributed by atoms with Gasteiger partial charge in [-0.3, -0.25) is 14.4 Å². The van der Waals surface area contributed by atoms with Gasteiger partial charge in [-0.2, -0.15) is 0 Å². The summed E-state index contributed by atoms with van der Waals surface area (Å²) >= 11 is 0. The summed E-state index contributed by atoms with van der Waals surface area (Å²) in [6.45, 7) is 1.81. The van der Waals surface area contributed by atoms with Crippen molar-refractivity contribution in [3.05, 3.63) is 70.8 Å². The third-order valence-electron chi connectivity index (χ3n) is 7.66. The van der Waals surface area contributed by atoms with Crippen LogP contribution in [-0.4, -0.2) is 92.5 Å². The van der Waals surface area contributed by atoms with Gasteiger partial charge < -0.3 is 39.4 Å². The number of allylic oxidation sites excluding steroid dienone is 1. The van der Waals surface area contributed by atoms with Gasteiger partial charge in [0.1, 0.15) is 30.0 Å². The molecule has 2 aromatic rings. The zero-order valence-corrected chi connectivity index (χ0v) is 24.7. The van der Waals surface area contributed by atoms with Crippen molar-refractivity contribution in [1.29, 1.82) is 0 Å². The number of rotatable bonds is 13. The van der Waals surface area contributed by atoms with E-state index >= 15 is 0 Å². The Kier molecular flexibility index (Phi) is 10.4. The van der Waals surface area contributed by atoms with Crippen molar-refractivity contribution in [3.8, 4) is 23.0 Å². The summed E-state index contributed by atoms with van der Waals surface area (Å²) in [6, 6.07) is 7.57. The predicted molar refractivity (Wildman–Crippen MR) is 158 cm³/mol. The van der Waals surface area contributed by atoms with Crippen LogP contribution >= 0.6 is 0 Å². The van der Waals surface area contributed by atoms with Gasteiger partial charge in [-0.1, -0.05) is 13.0 Å². The summed E-state index contributed by atoms with van der Waals surface area (Å²) < 4.78 is 22.6. The molecule has 4 rings (SSSR count). The van der Waals surface area contributed by atoms with Gasteiger partial charge in [0.05, 0.1) is 39.9 Å². The number of carbonyl (C=O) groups is 3. The maximum atomic E-state index is 13.6. The number of ether oxygens (including phenoxy) is 4. The van der Waals surface area contributed by atoms with Crippen LogP contribution in [-0.2, 0) is 16.0 Å². The molecule has 0 radical (unpaired) electrons. The van der Waals surface area contributed by atoms with Gasteiger partial charge >= 0.3 is 0 Å². The lowest BCUT2D eigenvalue weighted by molar-refractivity contribution is -0.132. The molecule has 11 heteroatoms. The van der Waals surface area contributed by atoms with E-state index in [9.17, 15) is 24.6 Å². The minimum absolute atomic E-state index is 0.00368. The molecule has 43 heavy (non-hydrogen) atoms. The summed E-state index contributed by atoms with van der Waals surface area (Å²) in [5, 5.41) is 23.8. The summed E-state index contributed by atoms with van der Waals surface area (Å²) in [5.41, 5.74) is 1.87. The summed E-state index contributed by atoms with van der Waals surface area (Å²) in [6.07, 6.45) is 4.20. The standard InChI is InChI=1S/C32H38N2O9/c1-5-6-7-27(37)34(12-10-20-16-21(40-2)8-9-25(20)41-3)24-17-23(32(39)33-11-13-35)28-22-14-19(18-36)15-26(42-4)30(22)43-31(28)29(24)38/h6-9,14-18,24,28-29,31,35,38H,5,10-13H2,1-4H3,(H,33,39)/t24-,28+,29+,31+/m1/s1. The first kappa shape index (κ1) is 31.6. The molecule has 1 aliphatic heterocycles. The molecule has 0 saturated heterocycles. The molecule has 0 saturated carbocycles.